The van der Waals surface area contributed by atoms with Gasteiger partial charge in [-0.05, 0) is 70.6 Å². The molecule has 0 bridgehead atoms. The summed E-state index contributed by atoms with van der Waals surface area (Å²) in [6, 6.07) is 0. The minimum absolute atomic E-state index is 0.0528. The van der Waals surface area contributed by atoms with Crippen molar-refractivity contribution in [3.8, 4) is 0 Å². The number of aliphatic hydroxyl groups is 1. The summed E-state index contributed by atoms with van der Waals surface area (Å²) in [6.07, 6.45) is 6.51. The first-order valence-corrected chi connectivity index (χ1v) is 14.3. The fourth-order valence-electron chi connectivity index (χ4n) is 4.06. The second-order valence-corrected chi connectivity index (χ2v) is 12.6. The standard InChI is InChI=1S/C30H62O5/c1-12-24(3)25(4)21-35-30(11,13-2)26(5)22-33-27(6)23-34-29(9,10)16-14-15-28(7,8)17-19-32-20-18-31/h24-27,31H,12-23H2,1-11H3. The van der Waals surface area contributed by atoms with Crippen molar-refractivity contribution < 1.29 is 24.1 Å². The molecule has 0 aromatic heterocycles. The van der Waals surface area contributed by atoms with Gasteiger partial charge >= 0.3 is 0 Å². The van der Waals surface area contributed by atoms with Crippen molar-refractivity contribution in [3.05, 3.63) is 0 Å². The van der Waals surface area contributed by atoms with Gasteiger partial charge in [0.25, 0.3) is 0 Å². The lowest BCUT2D eigenvalue weighted by Gasteiger charge is -2.37. The van der Waals surface area contributed by atoms with E-state index in [9.17, 15) is 0 Å². The molecule has 5 unspecified atom stereocenters. The Kier molecular flexibility index (Phi) is 17.2. The number of hydrogen-bond donors (Lipinski definition) is 1. The van der Waals surface area contributed by atoms with Crippen LogP contribution in [0.3, 0.4) is 0 Å². The van der Waals surface area contributed by atoms with Crippen LogP contribution < -0.4 is 0 Å². The van der Waals surface area contributed by atoms with Crippen molar-refractivity contribution in [2.45, 2.75) is 132 Å². The third-order valence-electron chi connectivity index (χ3n) is 8.17. The van der Waals surface area contributed by atoms with Gasteiger partial charge in [0.1, 0.15) is 0 Å². The lowest BCUT2D eigenvalue weighted by molar-refractivity contribution is -0.126. The fraction of sp³-hybridized carbons (Fsp3) is 1.00. The highest BCUT2D eigenvalue weighted by Crippen LogP contribution is 2.31. The van der Waals surface area contributed by atoms with Gasteiger partial charge in [-0.15, -0.1) is 0 Å². The molecule has 0 radical (unpaired) electrons. The Bertz CT molecular complexity index is 521. The summed E-state index contributed by atoms with van der Waals surface area (Å²) in [5.41, 5.74) is -0.101. The molecule has 0 amide bonds. The summed E-state index contributed by atoms with van der Waals surface area (Å²) in [6.45, 7) is 27.9. The molecule has 0 fully saturated rings. The van der Waals surface area contributed by atoms with Gasteiger partial charge in [-0.2, -0.15) is 0 Å². The normalized spacial score (nSPS) is 18.2. The third kappa shape index (κ3) is 15.6. The lowest BCUT2D eigenvalue weighted by atomic mass is 9.83. The molecule has 5 nitrogen and oxygen atoms in total. The van der Waals surface area contributed by atoms with Crippen LogP contribution in [0.5, 0.6) is 0 Å². The minimum atomic E-state index is -0.169. The van der Waals surface area contributed by atoms with Crippen molar-refractivity contribution in [2.75, 3.05) is 39.6 Å². The average molecular weight is 503 g/mol. The van der Waals surface area contributed by atoms with Gasteiger partial charge in [0.2, 0.25) is 0 Å². The average Bonchev–Trinajstić information content (AvgIpc) is 2.81. The van der Waals surface area contributed by atoms with E-state index in [-0.39, 0.29) is 29.3 Å². The Balaban J connectivity index is 4.38. The van der Waals surface area contributed by atoms with Gasteiger partial charge in [-0.3, -0.25) is 0 Å². The molecule has 0 saturated carbocycles. The highest BCUT2D eigenvalue weighted by atomic mass is 16.5. The lowest BCUT2D eigenvalue weighted by Crippen LogP contribution is -2.40. The van der Waals surface area contributed by atoms with Crippen LogP contribution in [0.15, 0.2) is 0 Å². The van der Waals surface area contributed by atoms with Crippen LogP contribution in [0.25, 0.3) is 0 Å². The maximum atomic E-state index is 8.83. The molecule has 0 aliphatic heterocycles. The van der Waals surface area contributed by atoms with Crippen LogP contribution in [0.2, 0.25) is 0 Å². The molecular formula is C30H62O5. The molecule has 5 atom stereocenters. The zero-order valence-corrected chi connectivity index (χ0v) is 25.4. The van der Waals surface area contributed by atoms with E-state index in [0.29, 0.717) is 44.2 Å². The molecule has 5 heteroatoms. The topological polar surface area (TPSA) is 57.2 Å². The quantitative estimate of drug-likeness (QED) is 0.158. The van der Waals surface area contributed by atoms with E-state index >= 15 is 0 Å². The van der Waals surface area contributed by atoms with Gasteiger partial charge in [0.15, 0.2) is 0 Å². The summed E-state index contributed by atoms with van der Waals surface area (Å²) in [5, 5.41) is 8.83. The first-order chi connectivity index (χ1) is 16.2. The van der Waals surface area contributed by atoms with Crippen LogP contribution in [0.4, 0.5) is 0 Å². The van der Waals surface area contributed by atoms with E-state index in [0.717, 1.165) is 38.7 Å². The predicted octanol–water partition coefficient (Wildman–Crippen LogP) is 7.29. The number of hydrogen-bond acceptors (Lipinski definition) is 5. The number of ether oxygens (including phenoxy) is 4. The molecule has 0 aliphatic carbocycles. The molecule has 0 aromatic carbocycles. The monoisotopic (exact) mass is 502 g/mol. The summed E-state index contributed by atoms with van der Waals surface area (Å²) in [4.78, 5) is 0. The largest absolute Gasteiger partial charge is 0.394 e. The number of aliphatic hydroxyl groups excluding tert-OH is 1. The van der Waals surface area contributed by atoms with Gasteiger partial charge in [0, 0.05) is 12.5 Å². The van der Waals surface area contributed by atoms with E-state index in [1.54, 1.807) is 0 Å². The summed E-state index contributed by atoms with van der Waals surface area (Å²) >= 11 is 0. The van der Waals surface area contributed by atoms with Crippen molar-refractivity contribution in [1.29, 1.82) is 0 Å². The van der Waals surface area contributed by atoms with Crippen LogP contribution in [0.1, 0.15) is 115 Å². The zero-order chi connectivity index (χ0) is 27.1. The van der Waals surface area contributed by atoms with E-state index in [1.165, 1.54) is 6.42 Å². The van der Waals surface area contributed by atoms with Gasteiger partial charge in [0.05, 0.1) is 50.3 Å². The van der Waals surface area contributed by atoms with E-state index < -0.39 is 0 Å². The molecule has 0 rings (SSSR count). The van der Waals surface area contributed by atoms with Crippen molar-refractivity contribution in [1.82, 2.24) is 0 Å². The fourth-order valence-corrected chi connectivity index (χ4v) is 4.06. The second-order valence-electron chi connectivity index (χ2n) is 12.6. The highest BCUT2D eigenvalue weighted by molar-refractivity contribution is 4.81. The first-order valence-electron chi connectivity index (χ1n) is 14.3. The Morgan fingerprint density at radius 2 is 1.40 bits per heavy atom. The Morgan fingerprint density at radius 3 is 1.97 bits per heavy atom. The van der Waals surface area contributed by atoms with Crippen LogP contribution >= 0.6 is 0 Å². The summed E-state index contributed by atoms with van der Waals surface area (Å²) in [7, 11) is 0. The van der Waals surface area contributed by atoms with Crippen LogP contribution in [0, 0.1) is 23.2 Å². The van der Waals surface area contributed by atoms with Crippen molar-refractivity contribution in [2.24, 2.45) is 23.2 Å². The molecule has 0 heterocycles. The SMILES string of the molecule is CCC(C)C(C)COC(C)(CC)C(C)COC(C)COC(C)(C)CCCC(C)(C)CCOCCO. The molecular weight excluding hydrogens is 440 g/mol. The van der Waals surface area contributed by atoms with Crippen LogP contribution in [-0.2, 0) is 18.9 Å². The van der Waals surface area contributed by atoms with E-state index in [4.69, 9.17) is 24.1 Å². The zero-order valence-electron chi connectivity index (χ0n) is 25.4. The van der Waals surface area contributed by atoms with E-state index in [2.05, 4.69) is 76.2 Å². The second kappa shape index (κ2) is 17.3. The molecule has 0 spiro atoms. The Labute approximate surface area is 219 Å². The van der Waals surface area contributed by atoms with Crippen molar-refractivity contribution in [3.63, 3.8) is 0 Å². The van der Waals surface area contributed by atoms with Crippen LogP contribution in [-0.4, -0.2) is 62.1 Å². The highest BCUT2D eigenvalue weighted by Gasteiger charge is 2.32. The molecule has 0 aliphatic rings. The van der Waals surface area contributed by atoms with Crippen molar-refractivity contribution >= 4 is 0 Å². The Morgan fingerprint density at radius 1 is 0.743 bits per heavy atom. The molecule has 0 saturated heterocycles. The maximum absolute atomic E-state index is 8.83. The van der Waals surface area contributed by atoms with Gasteiger partial charge in [-0.1, -0.05) is 61.3 Å². The first kappa shape index (κ1) is 34.8. The Hall–Kier alpha value is -0.200. The molecule has 212 valence electrons. The van der Waals surface area contributed by atoms with Gasteiger partial charge < -0.3 is 24.1 Å². The smallest absolute Gasteiger partial charge is 0.0780 e. The molecule has 1 N–H and O–H groups in total. The van der Waals surface area contributed by atoms with Gasteiger partial charge in [-0.25, -0.2) is 0 Å². The molecule has 0 aromatic rings. The third-order valence-corrected chi connectivity index (χ3v) is 8.17. The summed E-state index contributed by atoms with van der Waals surface area (Å²) in [5.74, 6) is 1.56. The number of rotatable bonds is 22. The minimum Gasteiger partial charge on any atom is -0.394 e. The predicted molar refractivity (Wildman–Crippen MR) is 148 cm³/mol. The maximum Gasteiger partial charge on any atom is 0.0780 e. The molecule has 35 heavy (non-hydrogen) atoms. The van der Waals surface area contributed by atoms with E-state index in [1.807, 2.05) is 0 Å². The summed E-state index contributed by atoms with van der Waals surface area (Å²) < 4.78 is 24.4.